The van der Waals surface area contributed by atoms with Gasteiger partial charge in [0.2, 0.25) is 0 Å². The molecule has 7 nitrogen and oxygen atoms in total. The van der Waals surface area contributed by atoms with Gasteiger partial charge in [-0.1, -0.05) is 36.9 Å². The van der Waals surface area contributed by atoms with Crippen molar-refractivity contribution < 1.29 is 41.0 Å². The van der Waals surface area contributed by atoms with Crippen LogP contribution in [-0.2, 0) is 25.4 Å². The number of hydrogen-bond acceptors (Lipinski definition) is 4. The highest BCUT2D eigenvalue weighted by Crippen LogP contribution is 2.40. The van der Waals surface area contributed by atoms with E-state index in [-0.39, 0.29) is 41.3 Å². The molecule has 0 unspecified atom stereocenters. The first-order valence-corrected chi connectivity index (χ1v) is 10.7. The summed E-state index contributed by atoms with van der Waals surface area (Å²) in [6.45, 7) is 3.19. The van der Waals surface area contributed by atoms with E-state index in [1.165, 1.54) is 47.4 Å². The molecule has 2 aromatic carbocycles. The molecule has 1 aliphatic rings. The summed E-state index contributed by atoms with van der Waals surface area (Å²) in [4.78, 5) is 25.4. The molecule has 13 heteroatoms. The van der Waals surface area contributed by atoms with Gasteiger partial charge in [-0.2, -0.15) is 31.4 Å². The number of halogens is 6. The van der Waals surface area contributed by atoms with E-state index in [0.29, 0.717) is 0 Å². The molecule has 2 N–H and O–H groups in total. The summed E-state index contributed by atoms with van der Waals surface area (Å²) in [5.74, 6) is -2.67. The number of aromatic nitrogens is 2. The highest BCUT2D eigenvalue weighted by Gasteiger charge is 2.44. The number of carboxylic acid groups (broad SMARTS) is 1. The van der Waals surface area contributed by atoms with Crippen LogP contribution in [0.15, 0.2) is 55.1 Å². The molecule has 0 saturated carbocycles. The van der Waals surface area contributed by atoms with E-state index in [1.807, 2.05) is 0 Å². The fraction of sp³-hybridized carbons (Fsp3) is 0.208. The number of aromatic carboxylic acids is 1. The zero-order chi connectivity index (χ0) is 27.1. The molecule has 194 valence electrons. The molecule has 2 heterocycles. The van der Waals surface area contributed by atoms with E-state index in [9.17, 15) is 35.9 Å². The lowest BCUT2D eigenvalue weighted by atomic mass is 10.1. The minimum atomic E-state index is -5.02. The average molecular weight is 524 g/mol. The van der Waals surface area contributed by atoms with Crippen molar-refractivity contribution in [1.82, 2.24) is 15.1 Å². The number of carbonyl (C=O) groups excluding carboxylic acids is 1. The molecule has 37 heavy (non-hydrogen) atoms. The maximum Gasteiger partial charge on any atom is 0.436 e. The predicted molar refractivity (Wildman–Crippen MR) is 120 cm³/mol. The summed E-state index contributed by atoms with van der Waals surface area (Å²) in [5.41, 5.74) is -3.36. The molecule has 0 bridgehead atoms. The smallest absolute Gasteiger partial charge is 0.436 e. The molecule has 1 amide bonds. The summed E-state index contributed by atoms with van der Waals surface area (Å²) in [6.07, 6.45) is -9.70. The maximum absolute atomic E-state index is 13.8. The Morgan fingerprint density at radius 2 is 1.57 bits per heavy atom. The van der Waals surface area contributed by atoms with Crippen LogP contribution < -0.4 is 10.2 Å². The van der Waals surface area contributed by atoms with Crippen molar-refractivity contribution >= 4 is 23.4 Å². The van der Waals surface area contributed by atoms with E-state index in [4.69, 9.17) is 5.11 Å². The van der Waals surface area contributed by atoms with Crippen LogP contribution in [0, 0.1) is 0 Å². The van der Waals surface area contributed by atoms with E-state index < -0.39 is 47.6 Å². The Morgan fingerprint density at radius 3 is 2.16 bits per heavy atom. The minimum Gasteiger partial charge on any atom is -0.478 e. The SMILES string of the molecule is C=C(NC(=O)c1c(C(F)(F)F)nn2c1N(Cc1ccccc1C(F)(F)F)CC2)c1ccc(C(=O)O)cc1. The Hall–Kier alpha value is -4.29. The number of carbonyl (C=O) groups is 2. The molecule has 0 spiro atoms. The van der Waals surface area contributed by atoms with Gasteiger partial charge >= 0.3 is 18.3 Å². The molecule has 0 fully saturated rings. The molecule has 3 aromatic rings. The highest BCUT2D eigenvalue weighted by atomic mass is 19.4. The van der Waals surface area contributed by atoms with Gasteiger partial charge in [0.05, 0.1) is 17.7 Å². The van der Waals surface area contributed by atoms with Crippen LogP contribution in [-0.4, -0.2) is 33.3 Å². The number of amides is 1. The first-order chi connectivity index (χ1) is 17.3. The zero-order valence-corrected chi connectivity index (χ0v) is 18.8. The van der Waals surface area contributed by atoms with Crippen molar-refractivity contribution in [3.05, 3.63) is 88.6 Å². The predicted octanol–water partition coefficient (Wildman–Crippen LogP) is 5.04. The van der Waals surface area contributed by atoms with Crippen LogP contribution in [0.4, 0.5) is 32.2 Å². The number of rotatable bonds is 6. The molecule has 0 atom stereocenters. The van der Waals surface area contributed by atoms with Gasteiger partial charge in [-0.3, -0.25) is 4.79 Å². The van der Waals surface area contributed by atoms with Gasteiger partial charge in [-0.05, 0) is 29.3 Å². The van der Waals surface area contributed by atoms with Crippen LogP contribution in [0.3, 0.4) is 0 Å². The van der Waals surface area contributed by atoms with Gasteiger partial charge in [0, 0.05) is 18.8 Å². The fourth-order valence-corrected chi connectivity index (χ4v) is 4.04. The molecular formula is C24H18F6N4O3. The van der Waals surface area contributed by atoms with Crippen LogP contribution >= 0.6 is 0 Å². The van der Waals surface area contributed by atoms with Crippen molar-refractivity contribution in [3.63, 3.8) is 0 Å². The van der Waals surface area contributed by atoms with Gasteiger partial charge in [0.1, 0.15) is 11.4 Å². The lowest BCUT2D eigenvalue weighted by Gasteiger charge is -2.22. The molecule has 1 aliphatic heterocycles. The zero-order valence-electron chi connectivity index (χ0n) is 18.8. The Labute approximate surface area is 205 Å². The van der Waals surface area contributed by atoms with Gasteiger partial charge in [-0.15, -0.1) is 0 Å². The number of anilines is 1. The standard InChI is InChI=1S/C24H18F6N4O3/c1-13(14-6-8-15(9-7-14)22(36)37)31-20(35)18-19(24(28,29)30)32-34-11-10-33(21(18)34)12-16-4-2-3-5-17(16)23(25,26)27/h2-9H,1,10-12H2,(H,31,35)(H,36,37). The lowest BCUT2D eigenvalue weighted by molar-refractivity contribution is -0.142. The first kappa shape index (κ1) is 25.8. The summed E-state index contributed by atoms with van der Waals surface area (Å²) < 4.78 is 82.8. The third-order valence-corrected chi connectivity index (χ3v) is 5.73. The van der Waals surface area contributed by atoms with Crippen molar-refractivity contribution in [2.24, 2.45) is 0 Å². The van der Waals surface area contributed by atoms with Crippen LogP contribution in [0.1, 0.15) is 43.1 Å². The minimum absolute atomic E-state index is 0.0323. The molecule has 0 saturated heterocycles. The van der Waals surface area contributed by atoms with Crippen LogP contribution in [0.25, 0.3) is 5.70 Å². The summed E-state index contributed by atoms with van der Waals surface area (Å²) in [5, 5.41) is 14.8. The van der Waals surface area contributed by atoms with Gasteiger partial charge in [0.15, 0.2) is 5.69 Å². The largest absolute Gasteiger partial charge is 0.478 e. The normalized spacial score (nSPS) is 13.4. The first-order valence-electron chi connectivity index (χ1n) is 10.7. The van der Waals surface area contributed by atoms with Crippen LogP contribution in [0.2, 0.25) is 0 Å². The van der Waals surface area contributed by atoms with Crippen molar-refractivity contribution in [1.29, 1.82) is 0 Å². The van der Waals surface area contributed by atoms with Crippen molar-refractivity contribution in [2.75, 3.05) is 11.4 Å². The number of fused-ring (bicyclic) bond motifs is 1. The Kier molecular flexibility index (Phi) is 6.48. The summed E-state index contributed by atoms with van der Waals surface area (Å²) in [7, 11) is 0. The number of carboxylic acids is 1. The molecule has 4 rings (SSSR count). The average Bonchev–Trinajstić information content (AvgIpc) is 3.39. The van der Waals surface area contributed by atoms with Gasteiger partial charge < -0.3 is 15.3 Å². The second kappa shape index (κ2) is 9.30. The number of hydrogen-bond donors (Lipinski definition) is 2. The van der Waals surface area contributed by atoms with E-state index in [1.54, 1.807) is 0 Å². The molecule has 0 aliphatic carbocycles. The number of alkyl halides is 6. The quantitative estimate of drug-likeness (QED) is 0.442. The Bertz CT molecular complexity index is 1380. The second-order valence-electron chi connectivity index (χ2n) is 8.16. The monoisotopic (exact) mass is 524 g/mol. The van der Waals surface area contributed by atoms with Gasteiger partial charge in [-0.25, -0.2) is 9.48 Å². The van der Waals surface area contributed by atoms with E-state index in [2.05, 4.69) is 17.0 Å². The summed E-state index contributed by atoms with van der Waals surface area (Å²) >= 11 is 0. The molecule has 1 aromatic heterocycles. The number of nitrogens with zero attached hydrogens (tertiary/aromatic N) is 3. The molecular weight excluding hydrogens is 506 g/mol. The number of benzene rings is 2. The van der Waals surface area contributed by atoms with Crippen LogP contribution in [0.5, 0.6) is 0 Å². The fourth-order valence-electron chi connectivity index (χ4n) is 4.04. The van der Waals surface area contributed by atoms with Gasteiger partial charge in [0.25, 0.3) is 5.91 Å². The number of nitrogens with one attached hydrogen (secondary N) is 1. The third kappa shape index (κ3) is 5.15. The maximum atomic E-state index is 13.8. The molecule has 0 radical (unpaired) electrons. The highest BCUT2D eigenvalue weighted by molar-refractivity contribution is 6.04. The van der Waals surface area contributed by atoms with Crippen molar-refractivity contribution in [3.8, 4) is 0 Å². The van der Waals surface area contributed by atoms with E-state index >= 15 is 0 Å². The van der Waals surface area contributed by atoms with E-state index in [0.717, 1.165) is 10.7 Å². The second-order valence-corrected chi connectivity index (χ2v) is 8.16. The topological polar surface area (TPSA) is 87.5 Å². The third-order valence-electron chi connectivity index (χ3n) is 5.73. The van der Waals surface area contributed by atoms with Crippen molar-refractivity contribution in [2.45, 2.75) is 25.4 Å². The summed E-state index contributed by atoms with van der Waals surface area (Å²) in [6, 6.07) is 9.77. The lowest BCUT2D eigenvalue weighted by Crippen LogP contribution is -2.29. The Morgan fingerprint density at radius 1 is 0.946 bits per heavy atom. The Balaban J connectivity index is 1.68.